The minimum absolute atomic E-state index is 0.0816. The standard InChI is InChI=1S/C77H134O6/c1-4-7-10-13-16-19-22-25-28-31-34-36-37-38-39-41-43-46-49-52-55-58-61-64-67-70-76(79)82-73-74(72-81-75(78)69-66-63-60-57-54-51-48-45-42-33-30-27-24-21-18-15-12-9-6-3)83-77(80)71-68-65-62-59-56-53-50-47-44-40-35-32-29-26-23-20-17-14-11-8-5-2/h7,10,16,19,23,25-26,28,32,34-36,38-39,44,47,74H,4-6,8-9,11-15,17-18,20-22,24,27,29-31,33,37,40-43,45-46,48-73H2,1-3H3/b10-7-,19-16-,26-23-,28-25-,35-32-,36-34-,39-38-,47-44-. The van der Waals surface area contributed by atoms with Gasteiger partial charge in [-0.2, -0.15) is 0 Å². The molecule has 0 saturated carbocycles. The van der Waals surface area contributed by atoms with E-state index in [4.69, 9.17) is 14.2 Å². The van der Waals surface area contributed by atoms with Crippen LogP contribution in [0.25, 0.3) is 0 Å². The maximum atomic E-state index is 13.0. The van der Waals surface area contributed by atoms with Gasteiger partial charge in [0.2, 0.25) is 0 Å². The molecule has 6 heteroatoms. The molecule has 478 valence electrons. The summed E-state index contributed by atoms with van der Waals surface area (Å²) in [7, 11) is 0. The number of esters is 3. The fourth-order valence-electron chi connectivity index (χ4n) is 10.2. The molecule has 0 aliphatic heterocycles. The Bertz CT molecular complexity index is 1610. The summed E-state index contributed by atoms with van der Waals surface area (Å²) in [6.07, 6.45) is 95.6. The molecule has 0 bridgehead atoms. The fraction of sp³-hybridized carbons (Fsp3) is 0.753. The van der Waals surface area contributed by atoms with E-state index in [1.165, 1.54) is 193 Å². The van der Waals surface area contributed by atoms with Gasteiger partial charge in [0.25, 0.3) is 0 Å². The number of hydrogen-bond donors (Lipinski definition) is 0. The second-order valence-corrected chi connectivity index (χ2v) is 23.8. The van der Waals surface area contributed by atoms with Gasteiger partial charge in [0.15, 0.2) is 6.10 Å². The summed E-state index contributed by atoms with van der Waals surface area (Å²) in [6, 6.07) is 0. The highest BCUT2D eigenvalue weighted by atomic mass is 16.6. The van der Waals surface area contributed by atoms with Gasteiger partial charge in [-0.1, -0.05) is 330 Å². The lowest BCUT2D eigenvalue weighted by molar-refractivity contribution is -0.167. The van der Waals surface area contributed by atoms with Crippen molar-refractivity contribution in [2.24, 2.45) is 0 Å². The molecule has 0 radical (unpaired) electrons. The first-order valence-corrected chi connectivity index (χ1v) is 35.7. The van der Waals surface area contributed by atoms with Gasteiger partial charge in [0.1, 0.15) is 13.2 Å². The highest BCUT2D eigenvalue weighted by molar-refractivity contribution is 5.71. The van der Waals surface area contributed by atoms with Crippen LogP contribution in [0, 0.1) is 0 Å². The van der Waals surface area contributed by atoms with Crippen LogP contribution in [0.15, 0.2) is 97.2 Å². The molecule has 0 aromatic carbocycles. The van der Waals surface area contributed by atoms with Gasteiger partial charge in [-0.15, -0.1) is 0 Å². The van der Waals surface area contributed by atoms with Crippen LogP contribution in [0.1, 0.15) is 355 Å². The first kappa shape index (κ1) is 79.3. The van der Waals surface area contributed by atoms with E-state index in [1.54, 1.807) is 0 Å². The number of hydrogen-bond acceptors (Lipinski definition) is 6. The van der Waals surface area contributed by atoms with Crippen LogP contribution in [-0.4, -0.2) is 37.2 Å². The molecular weight excluding hydrogens is 1020 g/mol. The summed E-state index contributed by atoms with van der Waals surface area (Å²) in [5.74, 6) is -0.882. The van der Waals surface area contributed by atoms with E-state index in [0.717, 1.165) is 122 Å². The van der Waals surface area contributed by atoms with Crippen LogP contribution in [0.2, 0.25) is 0 Å². The lowest BCUT2D eigenvalue weighted by Gasteiger charge is -2.18. The lowest BCUT2D eigenvalue weighted by atomic mass is 10.0. The van der Waals surface area contributed by atoms with Gasteiger partial charge >= 0.3 is 17.9 Å². The van der Waals surface area contributed by atoms with Crippen LogP contribution in [-0.2, 0) is 28.6 Å². The topological polar surface area (TPSA) is 78.9 Å². The van der Waals surface area contributed by atoms with Crippen molar-refractivity contribution >= 4 is 17.9 Å². The maximum absolute atomic E-state index is 13.0. The first-order valence-electron chi connectivity index (χ1n) is 35.7. The zero-order chi connectivity index (χ0) is 59.9. The van der Waals surface area contributed by atoms with Crippen LogP contribution in [0.5, 0.6) is 0 Å². The molecule has 0 spiro atoms. The third-order valence-corrected chi connectivity index (χ3v) is 15.6. The summed E-state index contributed by atoms with van der Waals surface area (Å²) in [5.41, 5.74) is 0. The Morgan fingerprint density at radius 2 is 0.470 bits per heavy atom. The molecule has 6 nitrogen and oxygen atoms in total. The van der Waals surface area contributed by atoms with E-state index >= 15 is 0 Å². The third kappa shape index (κ3) is 69.0. The molecule has 0 saturated heterocycles. The molecular formula is C77H134O6. The van der Waals surface area contributed by atoms with E-state index in [2.05, 4.69) is 118 Å². The predicted octanol–water partition coefficient (Wildman–Crippen LogP) is 24.8. The number of allylic oxidation sites excluding steroid dienone is 16. The summed E-state index contributed by atoms with van der Waals surface area (Å²) < 4.78 is 17.0. The molecule has 0 heterocycles. The van der Waals surface area contributed by atoms with Gasteiger partial charge in [0.05, 0.1) is 0 Å². The van der Waals surface area contributed by atoms with E-state index in [1.807, 2.05) is 0 Å². The Morgan fingerprint density at radius 1 is 0.253 bits per heavy atom. The Labute approximate surface area is 515 Å². The molecule has 0 rings (SSSR count). The first-order chi connectivity index (χ1) is 41.0. The number of unbranched alkanes of at least 4 members (excludes halogenated alkanes) is 38. The van der Waals surface area contributed by atoms with E-state index < -0.39 is 6.10 Å². The quantitative estimate of drug-likeness (QED) is 0.0261. The zero-order valence-corrected chi connectivity index (χ0v) is 54.9. The number of rotatable bonds is 65. The van der Waals surface area contributed by atoms with Crippen molar-refractivity contribution in [3.05, 3.63) is 97.2 Å². The van der Waals surface area contributed by atoms with Gasteiger partial charge in [-0.05, 0) is 103 Å². The Kier molecular flexibility index (Phi) is 67.7. The summed E-state index contributed by atoms with van der Waals surface area (Å²) in [6.45, 7) is 6.55. The monoisotopic (exact) mass is 1160 g/mol. The molecule has 0 N–H and O–H groups in total. The van der Waals surface area contributed by atoms with E-state index in [0.29, 0.717) is 19.3 Å². The van der Waals surface area contributed by atoms with Gasteiger partial charge < -0.3 is 14.2 Å². The summed E-state index contributed by atoms with van der Waals surface area (Å²) in [5, 5.41) is 0. The van der Waals surface area contributed by atoms with Crippen LogP contribution in [0.3, 0.4) is 0 Å². The van der Waals surface area contributed by atoms with E-state index in [-0.39, 0.29) is 31.1 Å². The molecule has 0 amide bonds. The fourth-order valence-corrected chi connectivity index (χ4v) is 10.2. The average Bonchev–Trinajstić information content (AvgIpc) is 3.50. The molecule has 0 aliphatic carbocycles. The number of ether oxygens (including phenoxy) is 3. The van der Waals surface area contributed by atoms with Crippen molar-refractivity contribution in [3.8, 4) is 0 Å². The predicted molar refractivity (Wildman–Crippen MR) is 362 cm³/mol. The average molecular weight is 1160 g/mol. The second-order valence-electron chi connectivity index (χ2n) is 23.8. The molecule has 1 unspecified atom stereocenters. The number of carbonyl (C=O) groups excluding carboxylic acids is 3. The SMILES string of the molecule is CC/C=C\C/C=C\C/C=C\C/C=C\C/C=C\CCCCCCCCCCCC(=O)OCC(COC(=O)CCCCCCCCCCCCCCCCCCCCC)OC(=O)CCCCCCCC/C=C\C/C=C\C/C=C\CCCCCCC. The highest BCUT2D eigenvalue weighted by Gasteiger charge is 2.19. The van der Waals surface area contributed by atoms with Crippen LogP contribution in [0.4, 0.5) is 0 Å². The zero-order valence-electron chi connectivity index (χ0n) is 54.9. The minimum Gasteiger partial charge on any atom is -0.462 e. The van der Waals surface area contributed by atoms with Crippen molar-refractivity contribution in [3.63, 3.8) is 0 Å². The Hall–Kier alpha value is -3.67. The van der Waals surface area contributed by atoms with E-state index in [9.17, 15) is 14.4 Å². The van der Waals surface area contributed by atoms with Gasteiger partial charge in [-0.25, -0.2) is 0 Å². The largest absolute Gasteiger partial charge is 0.462 e. The summed E-state index contributed by atoms with van der Waals surface area (Å²) in [4.78, 5) is 38.5. The van der Waals surface area contributed by atoms with Gasteiger partial charge in [-0.3, -0.25) is 14.4 Å². The molecule has 0 aromatic rings. The van der Waals surface area contributed by atoms with Crippen molar-refractivity contribution in [1.82, 2.24) is 0 Å². The maximum Gasteiger partial charge on any atom is 0.306 e. The normalized spacial score (nSPS) is 12.7. The van der Waals surface area contributed by atoms with Crippen LogP contribution < -0.4 is 0 Å². The molecule has 0 fully saturated rings. The smallest absolute Gasteiger partial charge is 0.306 e. The van der Waals surface area contributed by atoms with Crippen LogP contribution >= 0.6 is 0 Å². The number of carbonyl (C=O) groups is 3. The Morgan fingerprint density at radius 3 is 0.735 bits per heavy atom. The van der Waals surface area contributed by atoms with Crippen molar-refractivity contribution in [2.45, 2.75) is 361 Å². The highest BCUT2D eigenvalue weighted by Crippen LogP contribution is 2.17. The van der Waals surface area contributed by atoms with Crippen molar-refractivity contribution < 1.29 is 28.6 Å². The molecule has 0 aliphatic rings. The molecule has 1 atom stereocenters. The van der Waals surface area contributed by atoms with Crippen molar-refractivity contribution in [1.29, 1.82) is 0 Å². The second kappa shape index (κ2) is 70.8. The molecule has 83 heavy (non-hydrogen) atoms. The minimum atomic E-state index is -0.789. The Balaban J connectivity index is 4.40. The van der Waals surface area contributed by atoms with Crippen molar-refractivity contribution in [2.75, 3.05) is 13.2 Å². The molecule has 0 aromatic heterocycles. The third-order valence-electron chi connectivity index (χ3n) is 15.6. The lowest BCUT2D eigenvalue weighted by Crippen LogP contribution is -2.30. The van der Waals surface area contributed by atoms with Gasteiger partial charge in [0, 0.05) is 19.3 Å². The summed E-state index contributed by atoms with van der Waals surface area (Å²) >= 11 is 0.